The first-order valence-corrected chi connectivity index (χ1v) is 9.19. The van der Waals surface area contributed by atoms with Crippen LogP contribution in [0.3, 0.4) is 0 Å². The molecular formula is C19H26N4S. The minimum atomic E-state index is 0.0637. The second-order valence-corrected chi connectivity index (χ2v) is 7.00. The summed E-state index contributed by atoms with van der Waals surface area (Å²) in [7, 11) is 2.09. The zero-order chi connectivity index (χ0) is 16.9. The van der Waals surface area contributed by atoms with Gasteiger partial charge in [0.05, 0.1) is 11.7 Å². The maximum Gasteiger partial charge on any atom is 0.183 e. The molecule has 1 aromatic heterocycles. The quantitative estimate of drug-likeness (QED) is 0.650. The van der Waals surface area contributed by atoms with Gasteiger partial charge >= 0.3 is 0 Å². The lowest BCUT2D eigenvalue weighted by atomic mass is 9.95. The highest BCUT2D eigenvalue weighted by Gasteiger charge is 2.20. The van der Waals surface area contributed by atoms with Gasteiger partial charge in [0.1, 0.15) is 0 Å². The summed E-state index contributed by atoms with van der Waals surface area (Å²) in [5, 5.41) is 3.14. The number of hydrazine groups is 1. The third-order valence-electron chi connectivity index (χ3n) is 4.95. The third kappa shape index (κ3) is 3.84. The highest BCUT2D eigenvalue weighted by molar-refractivity contribution is 7.80. The second-order valence-electron chi connectivity index (χ2n) is 6.62. The number of nitrogens with zero attached hydrogens (tertiary/aromatic N) is 2. The second kappa shape index (κ2) is 7.90. The topological polar surface area (TPSA) is 40.2 Å². The van der Waals surface area contributed by atoms with E-state index in [9.17, 15) is 0 Å². The van der Waals surface area contributed by atoms with Gasteiger partial charge in [-0.15, -0.1) is 0 Å². The molecular weight excluding hydrogens is 316 g/mol. The van der Waals surface area contributed by atoms with Crippen LogP contribution in [0.5, 0.6) is 0 Å². The summed E-state index contributed by atoms with van der Waals surface area (Å²) in [6.45, 7) is 2.10. The monoisotopic (exact) mass is 342 g/mol. The Morgan fingerprint density at radius 3 is 2.75 bits per heavy atom. The summed E-state index contributed by atoms with van der Waals surface area (Å²) in [6, 6.07) is 11.0. The van der Waals surface area contributed by atoms with Crippen LogP contribution in [0.4, 0.5) is 0 Å². The molecule has 1 atom stereocenters. The van der Waals surface area contributed by atoms with Crippen LogP contribution >= 0.6 is 12.2 Å². The van der Waals surface area contributed by atoms with Crippen molar-refractivity contribution in [2.75, 3.05) is 7.05 Å². The molecule has 2 aromatic rings. The number of fused-ring (bicyclic) bond motifs is 1. The number of nitrogens with one attached hydrogen (secondary N) is 2. The van der Waals surface area contributed by atoms with E-state index < -0.39 is 0 Å². The Labute approximate surface area is 149 Å². The minimum absolute atomic E-state index is 0.0637. The number of pyridine rings is 1. The van der Waals surface area contributed by atoms with Crippen molar-refractivity contribution in [2.45, 2.75) is 51.1 Å². The van der Waals surface area contributed by atoms with E-state index >= 15 is 0 Å². The summed E-state index contributed by atoms with van der Waals surface area (Å²) >= 11 is 5.55. The third-order valence-corrected chi connectivity index (χ3v) is 5.34. The lowest BCUT2D eigenvalue weighted by molar-refractivity contribution is 0.272. The molecule has 0 spiro atoms. The molecule has 0 aliphatic heterocycles. The molecule has 2 N–H and O–H groups in total. The number of thiocarbonyl (C=S) groups is 1. The van der Waals surface area contributed by atoms with Crippen molar-refractivity contribution in [3.05, 3.63) is 42.2 Å². The molecule has 5 heteroatoms. The number of rotatable bonds is 4. The predicted octanol–water partition coefficient (Wildman–Crippen LogP) is 3.94. The first kappa shape index (κ1) is 17.1. The van der Waals surface area contributed by atoms with E-state index in [1.165, 1.54) is 42.9 Å². The molecule has 1 saturated carbocycles. The van der Waals surface area contributed by atoms with Crippen molar-refractivity contribution < 1.29 is 0 Å². The zero-order valence-electron chi connectivity index (χ0n) is 14.5. The van der Waals surface area contributed by atoms with Crippen molar-refractivity contribution in [3.8, 4) is 0 Å². The summed E-state index contributed by atoms with van der Waals surface area (Å²) in [5.74, 6) is 0. The Kier molecular flexibility index (Phi) is 5.63. The van der Waals surface area contributed by atoms with Gasteiger partial charge < -0.3 is 4.90 Å². The molecule has 0 saturated heterocycles. The van der Waals surface area contributed by atoms with E-state index in [-0.39, 0.29) is 6.04 Å². The van der Waals surface area contributed by atoms with Gasteiger partial charge in [-0.3, -0.25) is 10.4 Å². The van der Waals surface area contributed by atoms with Crippen LogP contribution in [0.2, 0.25) is 0 Å². The molecule has 128 valence electrons. The van der Waals surface area contributed by atoms with Crippen LogP contribution in [0.15, 0.2) is 36.5 Å². The van der Waals surface area contributed by atoms with E-state index in [0.717, 1.165) is 10.8 Å². The highest BCUT2D eigenvalue weighted by atomic mass is 32.1. The SMILES string of the molecule is CC(NNC(=S)N(C)C1CCCCC1)c1nccc2ccccc12. The lowest BCUT2D eigenvalue weighted by Gasteiger charge is -2.33. The molecule has 1 fully saturated rings. The van der Waals surface area contributed by atoms with Crippen molar-refractivity contribution in [1.29, 1.82) is 0 Å². The Bertz CT molecular complexity index is 691. The van der Waals surface area contributed by atoms with Crippen LogP contribution in [0.25, 0.3) is 10.8 Å². The van der Waals surface area contributed by atoms with Crippen LogP contribution in [0, 0.1) is 0 Å². The number of hydrogen-bond donors (Lipinski definition) is 2. The Morgan fingerprint density at radius 2 is 1.96 bits per heavy atom. The number of benzene rings is 1. The van der Waals surface area contributed by atoms with E-state index in [4.69, 9.17) is 12.2 Å². The van der Waals surface area contributed by atoms with Gasteiger partial charge in [-0.25, -0.2) is 5.43 Å². The fourth-order valence-corrected chi connectivity index (χ4v) is 3.66. The molecule has 1 heterocycles. The smallest absolute Gasteiger partial charge is 0.183 e. The van der Waals surface area contributed by atoms with Crippen LogP contribution in [0.1, 0.15) is 50.8 Å². The zero-order valence-corrected chi connectivity index (χ0v) is 15.3. The van der Waals surface area contributed by atoms with Gasteiger partial charge in [0.15, 0.2) is 5.11 Å². The molecule has 24 heavy (non-hydrogen) atoms. The molecule has 1 aliphatic carbocycles. The van der Waals surface area contributed by atoms with Crippen LogP contribution in [-0.4, -0.2) is 28.1 Å². The molecule has 3 rings (SSSR count). The maximum absolute atomic E-state index is 5.55. The van der Waals surface area contributed by atoms with E-state index in [0.29, 0.717) is 6.04 Å². The van der Waals surface area contributed by atoms with Gasteiger partial charge in [0.2, 0.25) is 0 Å². The average molecular weight is 343 g/mol. The summed E-state index contributed by atoms with van der Waals surface area (Å²) < 4.78 is 0. The Balaban J connectivity index is 1.62. The van der Waals surface area contributed by atoms with Crippen molar-refractivity contribution >= 4 is 28.1 Å². The van der Waals surface area contributed by atoms with Crippen LogP contribution in [-0.2, 0) is 0 Å². The Hall–Kier alpha value is -1.72. The van der Waals surface area contributed by atoms with Gasteiger partial charge in [-0.1, -0.05) is 43.5 Å². The predicted molar refractivity (Wildman–Crippen MR) is 104 cm³/mol. The first-order valence-electron chi connectivity index (χ1n) is 8.79. The van der Waals surface area contributed by atoms with Gasteiger partial charge in [0.25, 0.3) is 0 Å². The lowest BCUT2D eigenvalue weighted by Crippen LogP contribution is -2.49. The van der Waals surface area contributed by atoms with E-state index in [1.54, 1.807) is 0 Å². The molecule has 1 aliphatic rings. The molecule has 0 bridgehead atoms. The fourth-order valence-electron chi connectivity index (χ4n) is 3.45. The van der Waals surface area contributed by atoms with Crippen LogP contribution < -0.4 is 10.9 Å². The van der Waals surface area contributed by atoms with Crippen molar-refractivity contribution in [2.24, 2.45) is 0 Å². The average Bonchev–Trinajstić information content (AvgIpc) is 2.65. The minimum Gasteiger partial charge on any atom is -0.348 e. The van der Waals surface area contributed by atoms with E-state index in [1.807, 2.05) is 12.3 Å². The van der Waals surface area contributed by atoms with Gasteiger partial charge in [-0.2, -0.15) is 0 Å². The normalized spacial score (nSPS) is 16.8. The molecule has 1 aromatic carbocycles. The standard InChI is InChI=1S/C19H26N4S/c1-14(18-17-11-7-6-8-15(17)12-13-20-18)21-22-19(24)23(2)16-9-4-3-5-10-16/h6-8,11-14,16,21H,3-5,9-10H2,1-2H3,(H,22,24). The number of hydrogen-bond acceptors (Lipinski definition) is 3. The fraction of sp³-hybridized carbons (Fsp3) is 0.474. The number of aromatic nitrogens is 1. The summed E-state index contributed by atoms with van der Waals surface area (Å²) in [4.78, 5) is 6.76. The van der Waals surface area contributed by atoms with E-state index in [2.05, 4.69) is 59.0 Å². The van der Waals surface area contributed by atoms with Gasteiger partial charge in [0, 0.05) is 24.7 Å². The first-order chi connectivity index (χ1) is 11.7. The highest BCUT2D eigenvalue weighted by Crippen LogP contribution is 2.22. The maximum atomic E-state index is 5.55. The van der Waals surface area contributed by atoms with Crippen molar-refractivity contribution in [1.82, 2.24) is 20.7 Å². The van der Waals surface area contributed by atoms with Crippen molar-refractivity contribution in [3.63, 3.8) is 0 Å². The molecule has 1 unspecified atom stereocenters. The van der Waals surface area contributed by atoms with Gasteiger partial charge in [-0.05, 0) is 43.4 Å². The Morgan fingerprint density at radius 1 is 1.21 bits per heavy atom. The molecule has 0 radical (unpaired) electrons. The largest absolute Gasteiger partial charge is 0.348 e. The molecule has 0 amide bonds. The summed E-state index contributed by atoms with van der Waals surface area (Å²) in [6.07, 6.45) is 8.30. The summed E-state index contributed by atoms with van der Waals surface area (Å²) in [5.41, 5.74) is 7.56. The molecule has 4 nitrogen and oxygen atoms in total.